The fourth-order valence-electron chi connectivity index (χ4n) is 2.95. The van der Waals surface area contributed by atoms with Crippen molar-refractivity contribution in [3.05, 3.63) is 35.4 Å². The van der Waals surface area contributed by atoms with Crippen LogP contribution < -0.4 is 0 Å². The molecular weight excluding hydrogens is 302 g/mol. The van der Waals surface area contributed by atoms with E-state index in [9.17, 15) is 9.59 Å². The Bertz CT molecular complexity index is 660. The van der Waals surface area contributed by atoms with E-state index < -0.39 is 0 Å². The normalized spacial score (nSPS) is 17.9. The first-order valence-corrected chi connectivity index (χ1v) is 8.69. The predicted octanol–water partition coefficient (Wildman–Crippen LogP) is 2.91. The predicted molar refractivity (Wildman–Crippen MR) is 93.5 cm³/mol. The van der Waals surface area contributed by atoms with Gasteiger partial charge in [0.2, 0.25) is 5.91 Å². The highest BCUT2D eigenvalue weighted by atomic mass is 16.2. The number of hydrogen-bond acceptors (Lipinski definition) is 3. The van der Waals surface area contributed by atoms with Gasteiger partial charge in [-0.2, -0.15) is 5.10 Å². The molecule has 128 valence electrons. The van der Waals surface area contributed by atoms with E-state index in [2.05, 4.69) is 43.2 Å². The maximum Gasteiger partial charge on any atom is 0.270 e. The van der Waals surface area contributed by atoms with Crippen LogP contribution >= 0.6 is 0 Å². The molecule has 1 aromatic carbocycles. The number of carbonyl (C=O) groups excluding carboxylic acids is 2. The van der Waals surface area contributed by atoms with Crippen molar-refractivity contribution in [3.8, 4) is 0 Å². The zero-order chi connectivity index (χ0) is 17.3. The topological polar surface area (TPSA) is 53.0 Å². The van der Waals surface area contributed by atoms with Crippen molar-refractivity contribution in [1.29, 1.82) is 0 Å². The van der Waals surface area contributed by atoms with Crippen LogP contribution in [0.25, 0.3) is 0 Å². The lowest BCUT2D eigenvalue weighted by Gasteiger charge is -2.26. The smallest absolute Gasteiger partial charge is 0.270 e. The quantitative estimate of drug-likeness (QED) is 0.835. The van der Waals surface area contributed by atoms with Crippen LogP contribution in [0, 0.1) is 0 Å². The molecule has 1 saturated carbocycles. The van der Waals surface area contributed by atoms with Gasteiger partial charge in [0.1, 0.15) is 5.71 Å². The molecule has 1 fully saturated rings. The molecule has 0 atom stereocenters. The minimum absolute atomic E-state index is 0.0233. The van der Waals surface area contributed by atoms with Gasteiger partial charge in [-0.25, -0.2) is 5.01 Å². The lowest BCUT2D eigenvalue weighted by Crippen LogP contribution is -2.41. The van der Waals surface area contributed by atoms with E-state index in [1.807, 2.05) is 4.90 Å². The van der Waals surface area contributed by atoms with Gasteiger partial charge in [0.05, 0.1) is 0 Å². The summed E-state index contributed by atoms with van der Waals surface area (Å²) < 4.78 is 0. The number of nitrogens with zero attached hydrogens (tertiary/aromatic N) is 3. The van der Waals surface area contributed by atoms with Crippen molar-refractivity contribution in [2.75, 3.05) is 7.05 Å². The first-order valence-electron chi connectivity index (χ1n) is 8.69. The summed E-state index contributed by atoms with van der Waals surface area (Å²) >= 11 is 0. The summed E-state index contributed by atoms with van der Waals surface area (Å²) in [6.45, 7) is 4.96. The van der Waals surface area contributed by atoms with E-state index in [1.54, 1.807) is 7.05 Å². The van der Waals surface area contributed by atoms with Crippen molar-refractivity contribution in [1.82, 2.24) is 9.91 Å². The molecule has 1 aromatic rings. The lowest BCUT2D eigenvalue weighted by molar-refractivity contribution is -0.130. The van der Waals surface area contributed by atoms with E-state index in [0.717, 1.165) is 18.4 Å². The van der Waals surface area contributed by atoms with Gasteiger partial charge in [0, 0.05) is 32.5 Å². The van der Waals surface area contributed by atoms with Crippen LogP contribution in [0.4, 0.5) is 0 Å². The Balaban J connectivity index is 1.74. The molecule has 0 N–H and O–H groups in total. The second kappa shape index (κ2) is 6.75. The van der Waals surface area contributed by atoms with E-state index in [-0.39, 0.29) is 11.8 Å². The summed E-state index contributed by atoms with van der Waals surface area (Å²) in [6, 6.07) is 8.81. The number of amides is 2. The second-order valence-electron chi connectivity index (χ2n) is 7.02. The van der Waals surface area contributed by atoms with E-state index in [1.165, 1.54) is 10.6 Å². The number of hydrogen-bond donors (Lipinski definition) is 0. The van der Waals surface area contributed by atoms with Crippen molar-refractivity contribution in [2.45, 2.75) is 58.0 Å². The van der Waals surface area contributed by atoms with E-state index in [0.29, 0.717) is 37.1 Å². The molecule has 0 saturated heterocycles. The highest BCUT2D eigenvalue weighted by Crippen LogP contribution is 2.29. The maximum absolute atomic E-state index is 12.9. The molecule has 0 radical (unpaired) electrons. The van der Waals surface area contributed by atoms with Gasteiger partial charge in [-0.3, -0.25) is 9.59 Å². The molecule has 24 heavy (non-hydrogen) atoms. The van der Waals surface area contributed by atoms with Crippen LogP contribution in [0.1, 0.15) is 56.6 Å². The van der Waals surface area contributed by atoms with Crippen LogP contribution in [0.15, 0.2) is 29.4 Å². The van der Waals surface area contributed by atoms with Gasteiger partial charge in [0.15, 0.2) is 0 Å². The Morgan fingerprint density at radius 3 is 2.46 bits per heavy atom. The second-order valence-corrected chi connectivity index (χ2v) is 7.02. The molecule has 3 rings (SSSR count). The molecule has 2 amide bonds. The minimum Gasteiger partial charge on any atom is -0.330 e. The zero-order valence-electron chi connectivity index (χ0n) is 14.7. The fraction of sp³-hybridized carbons (Fsp3) is 0.526. The van der Waals surface area contributed by atoms with Gasteiger partial charge in [-0.15, -0.1) is 0 Å². The Kier molecular flexibility index (Phi) is 4.69. The largest absolute Gasteiger partial charge is 0.330 e. The van der Waals surface area contributed by atoms with Crippen molar-refractivity contribution < 1.29 is 9.59 Å². The summed E-state index contributed by atoms with van der Waals surface area (Å²) in [4.78, 5) is 26.3. The number of hydrazone groups is 1. The number of carbonyl (C=O) groups is 2. The van der Waals surface area contributed by atoms with Crippen LogP contribution in [0.5, 0.6) is 0 Å². The first kappa shape index (κ1) is 16.7. The van der Waals surface area contributed by atoms with Gasteiger partial charge in [-0.05, 0) is 29.9 Å². The molecule has 1 heterocycles. The van der Waals surface area contributed by atoms with Crippen molar-refractivity contribution in [3.63, 3.8) is 0 Å². The average Bonchev–Trinajstić information content (AvgIpc) is 3.40. The summed E-state index contributed by atoms with van der Waals surface area (Å²) in [5.41, 5.74) is 2.95. The van der Waals surface area contributed by atoms with Gasteiger partial charge in [-0.1, -0.05) is 38.1 Å². The monoisotopic (exact) mass is 327 g/mol. The lowest BCUT2D eigenvalue weighted by atomic mass is 10.0. The Hall–Kier alpha value is -2.17. The standard InChI is InChI=1S/C19H25N3O2/c1-13(2)15-6-4-14(5-7-15)12-22(16-8-9-16)19(24)17-10-11-18(23)21(3)20-17/h4-7,13,16H,8-12H2,1-3H3. The Labute approximate surface area is 143 Å². The highest BCUT2D eigenvalue weighted by molar-refractivity contribution is 6.39. The van der Waals surface area contributed by atoms with Gasteiger partial charge in [0.25, 0.3) is 5.91 Å². The molecule has 1 aliphatic heterocycles. The third kappa shape index (κ3) is 3.66. The molecule has 0 spiro atoms. The number of benzene rings is 1. The summed E-state index contributed by atoms with van der Waals surface area (Å²) in [5, 5.41) is 5.47. The van der Waals surface area contributed by atoms with Crippen LogP contribution in [0.2, 0.25) is 0 Å². The number of rotatable bonds is 5. The fourth-order valence-corrected chi connectivity index (χ4v) is 2.95. The molecular formula is C19H25N3O2. The first-order chi connectivity index (χ1) is 11.5. The maximum atomic E-state index is 12.9. The van der Waals surface area contributed by atoms with Crippen LogP contribution in [0.3, 0.4) is 0 Å². The summed E-state index contributed by atoms with van der Waals surface area (Å²) in [6.07, 6.45) is 2.91. The SMILES string of the molecule is CC(C)c1ccc(CN(C(=O)C2=NN(C)C(=O)CC2)C2CC2)cc1. The molecule has 0 aromatic heterocycles. The van der Waals surface area contributed by atoms with E-state index in [4.69, 9.17) is 0 Å². The van der Waals surface area contributed by atoms with Gasteiger partial charge < -0.3 is 4.90 Å². The molecule has 0 unspecified atom stereocenters. The minimum atomic E-state index is -0.0335. The van der Waals surface area contributed by atoms with Crippen molar-refractivity contribution in [2.24, 2.45) is 5.10 Å². The molecule has 5 nitrogen and oxygen atoms in total. The Morgan fingerprint density at radius 1 is 1.25 bits per heavy atom. The highest BCUT2D eigenvalue weighted by Gasteiger charge is 2.35. The third-order valence-corrected chi connectivity index (χ3v) is 4.70. The molecule has 5 heteroatoms. The summed E-state index contributed by atoms with van der Waals surface area (Å²) in [7, 11) is 1.61. The molecule has 2 aliphatic rings. The van der Waals surface area contributed by atoms with Crippen LogP contribution in [-0.4, -0.2) is 40.5 Å². The van der Waals surface area contributed by atoms with Crippen molar-refractivity contribution >= 4 is 17.5 Å². The van der Waals surface area contributed by atoms with Gasteiger partial charge >= 0.3 is 0 Å². The average molecular weight is 327 g/mol. The molecule has 0 bridgehead atoms. The Morgan fingerprint density at radius 2 is 1.92 bits per heavy atom. The third-order valence-electron chi connectivity index (χ3n) is 4.70. The summed E-state index contributed by atoms with van der Waals surface area (Å²) in [5.74, 6) is 0.448. The molecule has 1 aliphatic carbocycles. The van der Waals surface area contributed by atoms with Crippen LogP contribution in [-0.2, 0) is 16.1 Å². The zero-order valence-corrected chi connectivity index (χ0v) is 14.7. The van der Waals surface area contributed by atoms with E-state index >= 15 is 0 Å².